The fourth-order valence-electron chi connectivity index (χ4n) is 2.01. The largest absolute Gasteiger partial charge is 0.348 e. The minimum Gasteiger partial charge on any atom is -0.348 e. The molecule has 1 amide bonds. The van der Waals surface area contributed by atoms with Crippen molar-refractivity contribution in [3.05, 3.63) is 69.2 Å². The van der Waals surface area contributed by atoms with Crippen LogP contribution in [0.25, 0.3) is 16.3 Å². The van der Waals surface area contributed by atoms with Gasteiger partial charge in [0.25, 0.3) is 0 Å². The van der Waals surface area contributed by atoms with E-state index in [0.29, 0.717) is 16.6 Å². The Labute approximate surface area is 147 Å². The molecule has 0 bridgehead atoms. The molecule has 1 heterocycles. The maximum Gasteiger partial charge on any atom is 0.244 e. The summed E-state index contributed by atoms with van der Waals surface area (Å²) in [7, 11) is 0. The maximum absolute atomic E-state index is 11.9. The molecular formula is C17H12Cl2N2OS. The first-order chi connectivity index (χ1) is 11.1. The second-order valence-electron chi connectivity index (χ2n) is 4.81. The van der Waals surface area contributed by atoms with Crippen LogP contribution in [0.5, 0.6) is 0 Å². The lowest BCUT2D eigenvalue weighted by atomic mass is 10.2. The number of hydrogen-bond donors (Lipinski definition) is 1. The summed E-state index contributed by atoms with van der Waals surface area (Å²) in [6, 6.07) is 13.1. The SMILES string of the molecule is O=C(C=Cc1nc2ccccc2s1)NCc1ccc(Cl)cc1Cl. The minimum atomic E-state index is -0.199. The molecule has 3 nitrogen and oxygen atoms in total. The van der Waals surface area contributed by atoms with Crippen LogP contribution < -0.4 is 5.32 Å². The number of hydrogen-bond acceptors (Lipinski definition) is 3. The van der Waals surface area contributed by atoms with Gasteiger partial charge < -0.3 is 5.32 Å². The molecule has 0 spiro atoms. The van der Waals surface area contributed by atoms with Gasteiger partial charge in [-0.25, -0.2) is 4.98 Å². The van der Waals surface area contributed by atoms with Crippen molar-refractivity contribution in [3.8, 4) is 0 Å². The highest BCUT2D eigenvalue weighted by molar-refractivity contribution is 7.19. The fraction of sp³-hybridized carbons (Fsp3) is 0.0588. The van der Waals surface area contributed by atoms with Crippen LogP contribution in [0.3, 0.4) is 0 Å². The van der Waals surface area contributed by atoms with Gasteiger partial charge in [-0.15, -0.1) is 11.3 Å². The molecule has 0 fully saturated rings. The number of fused-ring (bicyclic) bond motifs is 1. The van der Waals surface area contributed by atoms with Crippen molar-refractivity contribution in [2.45, 2.75) is 6.54 Å². The van der Waals surface area contributed by atoms with Crippen LogP contribution in [0.1, 0.15) is 10.6 Å². The summed E-state index contributed by atoms with van der Waals surface area (Å²) in [4.78, 5) is 16.3. The Kier molecular flexibility index (Phi) is 4.96. The van der Waals surface area contributed by atoms with E-state index in [9.17, 15) is 4.79 Å². The summed E-state index contributed by atoms with van der Waals surface area (Å²) >= 11 is 13.5. The van der Waals surface area contributed by atoms with Gasteiger partial charge in [0.05, 0.1) is 10.2 Å². The molecule has 23 heavy (non-hydrogen) atoms. The zero-order valence-electron chi connectivity index (χ0n) is 11.9. The highest BCUT2D eigenvalue weighted by Gasteiger charge is 2.04. The van der Waals surface area contributed by atoms with Crippen molar-refractivity contribution in [1.82, 2.24) is 10.3 Å². The number of nitrogens with zero attached hydrogens (tertiary/aromatic N) is 1. The standard InChI is InChI=1S/C17H12Cl2N2OS/c18-12-6-5-11(13(19)9-12)10-20-16(22)7-8-17-21-14-3-1-2-4-15(14)23-17/h1-9H,10H2,(H,20,22). The average molecular weight is 363 g/mol. The Hall–Kier alpha value is -1.88. The fourth-order valence-corrected chi connectivity index (χ4v) is 3.36. The predicted octanol–water partition coefficient (Wildman–Crippen LogP) is 4.93. The Morgan fingerprint density at radius 3 is 2.83 bits per heavy atom. The van der Waals surface area contributed by atoms with E-state index in [-0.39, 0.29) is 5.91 Å². The third kappa shape index (κ3) is 4.10. The summed E-state index contributed by atoms with van der Waals surface area (Å²) in [5.74, 6) is -0.199. The molecule has 0 aliphatic heterocycles. The molecule has 1 N–H and O–H groups in total. The molecule has 0 saturated carbocycles. The number of carbonyl (C=O) groups is 1. The number of amides is 1. The Bertz CT molecular complexity index is 856. The molecule has 0 unspecified atom stereocenters. The number of rotatable bonds is 4. The maximum atomic E-state index is 11.9. The summed E-state index contributed by atoms with van der Waals surface area (Å²) in [5.41, 5.74) is 1.75. The van der Waals surface area contributed by atoms with E-state index in [1.54, 1.807) is 35.6 Å². The highest BCUT2D eigenvalue weighted by atomic mass is 35.5. The second-order valence-corrected chi connectivity index (χ2v) is 6.71. The minimum absolute atomic E-state index is 0.199. The monoisotopic (exact) mass is 362 g/mol. The van der Waals surface area contributed by atoms with Crippen LogP contribution in [0, 0.1) is 0 Å². The zero-order chi connectivity index (χ0) is 16.2. The van der Waals surface area contributed by atoms with Crippen LogP contribution in [-0.4, -0.2) is 10.9 Å². The number of carbonyl (C=O) groups excluding carboxylic acids is 1. The molecule has 0 atom stereocenters. The molecular weight excluding hydrogens is 351 g/mol. The number of benzene rings is 2. The Morgan fingerprint density at radius 1 is 1.22 bits per heavy atom. The summed E-state index contributed by atoms with van der Waals surface area (Å²) in [5, 5.41) is 4.69. The molecule has 1 aromatic heterocycles. The topological polar surface area (TPSA) is 42.0 Å². The van der Waals surface area contributed by atoms with Crippen molar-refractivity contribution in [2.24, 2.45) is 0 Å². The van der Waals surface area contributed by atoms with Crippen molar-refractivity contribution >= 4 is 56.7 Å². The van der Waals surface area contributed by atoms with Gasteiger partial charge in [0.1, 0.15) is 5.01 Å². The molecule has 116 valence electrons. The first-order valence-corrected chi connectivity index (χ1v) is 8.44. The van der Waals surface area contributed by atoms with E-state index in [2.05, 4.69) is 10.3 Å². The van der Waals surface area contributed by atoms with Gasteiger partial charge in [-0.1, -0.05) is 41.4 Å². The molecule has 3 aromatic rings. The Balaban J connectivity index is 1.62. The summed E-state index contributed by atoms with van der Waals surface area (Å²) < 4.78 is 1.10. The lowest BCUT2D eigenvalue weighted by molar-refractivity contribution is -0.116. The summed E-state index contributed by atoms with van der Waals surface area (Å²) in [6.07, 6.45) is 3.19. The number of nitrogens with one attached hydrogen (secondary N) is 1. The van der Waals surface area contributed by atoms with Crippen LogP contribution >= 0.6 is 34.5 Å². The zero-order valence-corrected chi connectivity index (χ0v) is 14.3. The van der Waals surface area contributed by atoms with Gasteiger partial charge in [0.15, 0.2) is 0 Å². The number of thiazole rings is 1. The molecule has 0 radical (unpaired) electrons. The van der Waals surface area contributed by atoms with Crippen molar-refractivity contribution in [1.29, 1.82) is 0 Å². The molecule has 0 aliphatic rings. The number of aromatic nitrogens is 1. The van der Waals surface area contributed by atoms with E-state index < -0.39 is 0 Å². The number of para-hydroxylation sites is 1. The first kappa shape index (κ1) is 16.0. The highest BCUT2D eigenvalue weighted by Crippen LogP contribution is 2.22. The van der Waals surface area contributed by atoms with Gasteiger partial charge in [0, 0.05) is 22.7 Å². The first-order valence-electron chi connectivity index (χ1n) is 6.87. The summed E-state index contributed by atoms with van der Waals surface area (Å²) in [6.45, 7) is 0.346. The molecule has 2 aromatic carbocycles. The Morgan fingerprint density at radius 2 is 2.04 bits per heavy atom. The van der Waals surface area contributed by atoms with E-state index in [0.717, 1.165) is 20.8 Å². The molecule has 3 rings (SSSR count). The van der Waals surface area contributed by atoms with Crippen molar-refractivity contribution in [3.63, 3.8) is 0 Å². The van der Waals surface area contributed by atoms with Gasteiger partial charge in [-0.2, -0.15) is 0 Å². The van der Waals surface area contributed by atoms with Crippen LogP contribution in [-0.2, 0) is 11.3 Å². The molecule has 0 aliphatic carbocycles. The van der Waals surface area contributed by atoms with Gasteiger partial charge in [-0.05, 0) is 35.9 Å². The predicted molar refractivity (Wildman–Crippen MR) is 97.0 cm³/mol. The number of halogens is 2. The van der Waals surface area contributed by atoms with E-state index in [1.165, 1.54) is 6.08 Å². The van der Waals surface area contributed by atoms with Crippen LogP contribution in [0.2, 0.25) is 10.0 Å². The normalized spacial score (nSPS) is 11.2. The van der Waals surface area contributed by atoms with Gasteiger partial charge in [-0.3, -0.25) is 4.79 Å². The lowest BCUT2D eigenvalue weighted by Crippen LogP contribution is -2.20. The van der Waals surface area contributed by atoms with Gasteiger partial charge >= 0.3 is 0 Å². The van der Waals surface area contributed by atoms with Crippen LogP contribution in [0.15, 0.2) is 48.5 Å². The van der Waals surface area contributed by atoms with E-state index in [4.69, 9.17) is 23.2 Å². The van der Waals surface area contributed by atoms with E-state index in [1.807, 2.05) is 24.3 Å². The smallest absolute Gasteiger partial charge is 0.244 e. The van der Waals surface area contributed by atoms with E-state index >= 15 is 0 Å². The molecule has 6 heteroatoms. The van der Waals surface area contributed by atoms with Crippen LogP contribution in [0.4, 0.5) is 0 Å². The lowest BCUT2D eigenvalue weighted by Gasteiger charge is -2.05. The second kappa shape index (κ2) is 7.13. The van der Waals surface area contributed by atoms with Crippen molar-refractivity contribution < 1.29 is 4.79 Å². The quantitative estimate of drug-likeness (QED) is 0.668. The van der Waals surface area contributed by atoms with Gasteiger partial charge in [0.2, 0.25) is 5.91 Å². The third-order valence-electron chi connectivity index (χ3n) is 3.16. The molecule has 0 saturated heterocycles. The van der Waals surface area contributed by atoms with Crippen molar-refractivity contribution in [2.75, 3.05) is 0 Å². The third-order valence-corrected chi connectivity index (χ3v) is 4.74. The average Bonchev–Trinajstić information content (AvgIpc) is 2.95.